The third-order valence-electron chi connectivity index (χ3n) is 3.68. The molecule has 2 unspecified atom stereocenters. The van der Waals surface area contributed by atoms with Gasteiger partial charge in [0.1, 0.15) is 0 Å². The SMILES string of the molecule is CC(=O)N(C)Cc1ccccc1NC(=O)C1COCC1N. The maximum atomic E-state index is 12.2. The minimum absolute atomic E-state index is 0.0256. The molecule has 21 heavy (non-hydrogen) atoms. The number of hydrogen-bond acceptors (Lipinski definition) is 4. The van der Waals surface area contributed by atoms with E-state index >= 15 is 0 Å². The first kappa shape index (κ1) is 15.5. The molecule has 0 spiro atoms. The summed E-state index contributed by atoms with van der Waals surface area (Å²) in [6, 6.07) is 7.17. The monoisotopic (exact) mass is 291 g/mol. The van der Waals surface area contributed by atoms with Crippen LogP contribution in [0.1, 0.15) is 12.5 Å². The van der Waals surface area contributed by atoms with Crippen molar-refractivity contribution >= 4 is 17.5 Å². The number of amides is 2. The van der Waals surface area contributed by atoms with Crippen LogP contribution >= 0.6 is 0 Å². The fraction of sp³-hybridized carbons (Fsp3) is 0.467. The number of hydrogen-bond donors (Lipinski definition) is 2. The normalized spacial score (nSPS) is 21.1. The zero-order chi connectivity index (χ0) is 15.4. The molecule has 1 aromatic rings. The van der Waals surface area contributed by atoms with Crippen LogP contribution in [0.25, 0.3) is 0 Å². The van der Waals surface area contributed by atoms with Crippen LogP contribution in [0.3, 0.4) is 0 Å². The van der Waals surface area contributed by atoms with E-state index in [-0.39, 0.29) is 23.8 Å². The molecule has 114 valence electrons. The van der Waals surface area contributed by atoms with Crippen molar-refractivity contribution in [2.24, 2.45) is 11.7 Å². The molecule has 2 atom stereocenters. The molecule has 6 heteroatoms. The number of anilines is 1. The first-order valence-corrected chi connectivity index (χ1v) is 6.93. The smallest absolute Gasteiger partial charge is 0.231 e. The van der Waals surface area contributed by atoms with Gasteiger partial charge in [-0.05, 0) is 11.6 Å². The molecule has 6 nitrogen and oxygen atoms in total. The number of nitrogens with zero attached hydrogens (tertiary/aromatic N) is 1. The third-order valence-corrected chi connectivity index (χ3v) is 3.68. The minimum Gasteiger partial charge on any atom is -0.379 e. The fourth-order valence-electron chi connectivity index (χ4n) is 2.21. The quantitative estimate of drug-likeness (QED) is 0.849. The van der Waals surface area contributed by atoms with Crippen LogP contribution in [-0.4, -0.2) is 43.0 Å². The van der Waals surface area contributed by atoms with Crippen LogP contribution in [-0.2, 0) is 20.9 Å². The summed E-state index contributed by atoms with van der Waals surface area (Å²) < 4.78 is 5.22. The average molecular weight is 291 g/mol. The molecule has 1 aliphatic heterocycles. The van der Waals surface area contributed by atoms with E-state index < -0.39 is 0 Å². The second-order valence-corrected chi connectivity index (χ2v) is 5.33. The van der Waals surface area contributed by atoms with Gasteiger partial charge < -0.3 is 20.7 Å². The molecule has 1 aliphatic rings. The van der Waals surface area contributed by atoms with Gasteiger partial charge in [-0.1, -0.05) is 18.2 Å². The third kappa shape index (κ3) is 3.80. The molecule has 1 fully saturated rings. The van der Waals surface area contributed by atoms with E-state index in [1.54, 1.807) is 11.9 Å². The zero-order valence-corrected chi connectivity index (χ0v) is 12.3. The van der Waals surface area contributed by atoms with Crippen molar-refractivity contribution in [2.75, 3.05) is 25.6 Å². The Kier molecular flexibility index (Phi) is 4.93. The molecule has 0 aromatic heterocycles. The van der Waals surface area contributed by atoms with E-state index in [2.05, 4.69) is 5.32 Å². The lowest BCUT2D eigenvalue weighted by Crippen LogP contribution is -2.37. The standard InChI is InChI=1S/C15H21N3O3/c1-10(19)18(2)7-11-5-3-4-6-14(11)17-15(20)12-8-21-9-13(12)16/h3-6,12-13H,7-9,16H2,1-2H3,(H,17,20). The molecular weight excluding hydrogens is 270 g/mol. The molecule has 0 aliphatic carbocycles. The van der Waals surface area contributed by atoms with Crippen molar-refractivity contribution in [3.05, 3.63) is 29.8 Å². The van der Waals surface area contributed by atoms with Crippen molar-refractivity contribution < 1.29 is 14.3 Å². The van der Waals surface area contributed by atoms with Crippen LogP contribution < -0.4 is 11.1 Å². The van der Waals surface area contributed by atoms with Gasteiger partial charge in [0.25, 0.3) is 0 Å². The zero-order valence-electron chi connectivity index (χ0n) is 12.3. The number of carbonyl (C=O) groups is 2. The first-order chi connectivity index (χ1) is 9.99. The van der Waals surface area contributed by atoms with E-state index in [4.69, 9.17) is 10.5 Å². The van der Waals surface area contributed by atoms with Crippen molar-refractivity contribution in [2.45, 2.75) is 19.5 Å². The Hall–Kier alpha value is -1.92. The summed E-state index contributed by atoms with van der Waals surface area (Å²) in [6.07, 6.45) is 0. The molecule has 2 amide bonds. The van der Waals surface area contributed by atoms with Gasteiger partial charge in [-0.25, -0.2) is 0 Å². The molecule has 1 aromatic carbocycles. The molecule has 3 N–H and O–H groups in total. The summed E-state index contributed by atoms with van der Waals surface area (Å²) in [5.41, 5.74) is 7.44. The Balaban J connectivity index is 2.09. The number of carbonyl (C=O) groups excluding carboxylic acids is 2. The topological polar surface area (TPSA) is 84.7 Å². The van der Waals surface area contributed by atoms with Crippen LogP contribution in [0, 0.1) is 5.92 Å². The highest BCUT2D eigenvalue weighted by Crippen LogP contribution is 2.20. The van der Waals surface area contributed by atoms with Crippen molar-refractivity contribution in [1.82, 2.24) is 4.90 Å². The van der Waals surface area contributed by atoms with Crippen LogP contribution in [0.4, 0.5) is 5.69 Å². The highest BCUT2D eigenvalue weighted by molar-refractivity contribution is 5.94. The second-order valence-electron chi connectivity index (χ2n) is 5.33. The highest BCUT2D eigenvalue weighted by Gasteiger charge is 2.31. The second kappa shape index (κ2) is 6.69. The first-order valence-electron chi connectivity index (χ1n) is 6.93. The number of nitrogens with one attached hydrogen (secondary N) is 1. The van der Waals surface area contributed by atoms with Crippen LogP contribution in [0.2, 0.25) is 0 Å². The van der Waals surface area contributed by atoms with Gasteiger partial charge in [0.05, 0.1) is 19.1 Å². The van der Waals surface area contributed by atoms with E-state index in [0.717, 1.165) is 5.56 Å². The van der Waals surface area contributed by atoms with E-state index in [1.807, 2.05) is 24.3 Å². The van der Waals surface area contributed by atoms with Gasteiger partial charge >= 0.3 is 0 Å². The van der Waals surface area contributed by atoms with Gasteiger partial charge in [-0.3, -0.25) is 9.59 Å². The predicted octanol–water partition coefficient (Wildman–Crippen LogP) is 0.577. The minimum atomic E-state index is -0.330. The molecule has 0 bridgehead atoms. The van der Waals surface area contributed by atoms with Gasteiger partial charge in [-0.15, -0.1) is 0 Å². The Bertz CT molecular complexity index is 533. The highest BCUT2D eigenvalue weighted by atomic mass is 16.5. The number of nitrogens with two attached hydrogens (primary N) is 1. The van der Waals surface area contributed by atoms with E-state index in [1.165, 1.54) is 6.92 Å². The number of para-hydroxylation sites is 1. The maximum Gasteiger partial charge on any atom is 0.231 e. The predicted molar refractivity (Wildman–Crippen MR) is 79.5 cm³/mol. The number of benzene rings is 1. The van der Waals surface area contributed by atoms with Crippen molar-refractivity contribution in [1.29, 1.82) is 0 Å². The summed E-state index contributed by atoms with van der Waals surface area (Å²) in [6.45, 7) is 2.71. The summed E-state index contributed by atoms with van der Waals surface area (Å²) in [5, 5.41) is 2.89. The Labute approximate surface area is 124 Å². The average Bonchev–Trinajstić information content (AvgIpc) is 2.87. The largest absolute Gasteiger partial charge is 0.379 e. The van der Waals surface area contributed by atoms with Crippen molar-refractivity contribution in [3.8, 4) is 0 Å². The molecule has 0 saturated carbocycles. The summed E-state index contributed by atoms with van der Waals surface area (Å²) in [4.78, 5) is 25.2. The van der Waals surface area contributed by atoms with Gasteiger partial charge in [-0.2, -0.15) is 0 Å². The van der Waals surface area contributed by atoms with Crippen molar-refractivity contribution in [3.63, 3.8) is 0 Å². The molecule has 2 rings (SSSR count). The van der Waals surface area contributed by atoms with E-state index in [9.17, 15) is 9.59 Å². The molecule has 1 heterocycles. The fourth-order valence-corrected chi connectivity index (χ4v) is 2.21. The molecule has 1 saturated heterocycles. The lowest BCUT2D eigenvalue weighted by Gasteiger charge is -2.19. The lowest BCUT2D eigenvalue weighted by atomic mass is 10.0. The summed E-state index contributed by atoms with van der Waals surface area (Å²) in [7, 11) is 1.72. The van der Waals surface area contributed by atoms with Gasteiger partial charge in [0, 0.05) is 32.2 Å². The Morgan fingerprint density at radius 1 is 1.38 bits per heavy atom. The summed E-state index contributed by atoms with van der Waals surface area (Å²) >= 11 is 0. The lowest BCUT2D eigenvalue weighted by molar-refractivity contribution is -0.128. The number of ether oxygens (including phenoxy) is 1. The van der Waals surface area contributed by atoms with Gasteiger partial charge in [0.15, 0.2) is 0 Å². The Morgan fingerprint density at radius 2 is 2.10 bits per heavy atom. The number of rotatable bonds is 4. The van der Waals surface area contributed by atoms with Crippen LogP contribution in [0.15, 0.2) is 24.3 Å². The van der Waals surface area contributed by atoms with Gasteiger partial charge in [0.2, 0.25) is 11.8 Å². The Morgan fingerprint density at radius 3 is 2.71 bits per heavy atom. The van der Waals surface area contributed by atoms with Crippen LogP contribution in [0.5, 0.6) is 0 Å². The summed E-state index contributed by atoms with van der Waals surface area (Å²) in [5.74, 6) is -0.496. The van der Waals surface area contributed by atoms with E-state index in [0.29, 0.717) is 25.4 Å². The molecule has 0 radical (unpaired) electrons. The molecular formula is C15H21N3O3. The maximum absolute atomic E-state index is 12.2.